The first-order valence-corrected chi connectivity index (χ1v) is 4.09. The Kier molecular flexibility index (Phi) is 1.49. The van der Waals surface area contributed by atoms with E-state index in [1.165, 1.54) is 0 Å². The van der Waals surface area contributed by atoms with Crippen molar-refractivity contribution in [3.8, 4) is 0 Å². The minimum Gasteiger partial charge on any atom is -0.338 e. The summed E-state index contributed by atoms with van der Waals surface area (Å²) >= 11 is 0. The van der Waals surface area contributed by atoms with Crippen molar-refractivity contribution in [3.63, 3.8) is 0 Å². The maximum absolute atomic E-state index is 11.2. The van der Waals surface area contributed by atoms with E-state index in [2.05, 4.69) is 5.32 Å². The molecule has 2 amide bonds. The van der Waals surface area contributed by atoms with Crippen molar-refractivity contribution in [2.24, 2.45) is 5.73 Å². The number of nitrogens with zero attached hydrogens (tertiary/aromatic N) is 1. The summed E-state index contributed by atoms with van der Waals surface area (Å²) in [6.45, 7) is 1.70. The highest BCUT2D eigenvalue weighted by molar-refractivity contribution is 5.75. The molecule has 1 heterocycles. The Morgan fingerprint density at radius 2 is 2.36 bits per heavy atom. The molecule has 2 rings (SSSR count). The molecule has 4 heteroatoms. The number of carbonyl (C=O) groups is 1. The van der Waals surface area contributed by atoms with Gasteiger partial charge in [-0.25, -0.2) is 4.79 Å². The summed E-state index contributed by atoms with van der Waals surface area (Å²) in [5.41, 5.74) is 5.64. The summed E-state index contributed by atoms with van der Waals surface area (Å²) in [7, 11) is 0. The van der Waals surface area contributed by atoms with Gasteiger partial charge in [0.2, 0.25) is 0 Å². The molecule has 4 nitrogen and oxygen atoms in total. The van der Waals surface area contributed by atoms with Crippen molar-refractivity contribution in [1.82, 2.24) is 10.2 Å². The van der Waals surface area contributed by atoms with Crippen LogP contribution in [0.1, 0.15) is 12.8 Å². The van der Waals surface area contributed by atoms with Crippen molar-refractivity contribution >= 4 is 6.03 Å². The Morgan fingerprint density at radius 3 is 2.91 bits per heavy atom. The van der Waals surface area contributed by atoms with Crippen molar-refractivity contribution in [2.45, 2.75) is 24.9 Å². The first kappa shape index (κ1) is 6.91. The molecule has 0 aromatic rings. The number of urea groups is 1. The van der Waals surface area contributed by atoms with Crippen LogP contribution in [0.5, 0.6) is 0 Å². The third-order valence-corrected chi connectivity index (χ3v) is 2.32. The molecule has 2 fully saturated rings. The fourth-order valence-electron chi connectivity index (χ4n) is 1.52. The molecule has 1 saturated carbocycles. The molecule has 62 valence electrons. The second-order valence-electron chi connectivity index (χ2n) is 3.25. The van der Waals surface area contributed by atoms with Crippen LogP contribution >= 0.6 is 0 Å². The van der Waals surface area contributed by atoms with Crippen LogP contribution in [0.2, 0.25) is 0 Å². The van der Waals surface area contributed by atoms with Crippen molar-refractivity contribution in [2.75, 3.05) is 13.1 Å². The maximum atomic E-state index is 11.2. The maximum Gasteiger partial charge on any atom is 0.317 e. The number of hydrogen-bond acceptors (Lipinski definition) is 2. The van der Waals surface area contributed by atoms with Gasteiger partial charge in [-0.15, -0.1) is 0 Å². The monoisotopic (exact) mass is 155 g/mol. The zero-order valence-corrected chi connectivity index (χ0v) is 6.42. The molecular formula is C7H13N3O. The van der Waals surface area contributed by atoms with E-state index < -0.39 is 0 Å². The van der Waals surface area contributed by atoms with Crippen LogP contribution in [0.25, 0.3) is 0 Å². The number of nitrogens with two attached hydrogens (primary N) is 1. The van der Waals surface area contributed by atoms with E-state index >= 15 is 0 Å². The van der Waals surface area contributed by atoms with Gasteiger partial charge in [0.15, 0.2) is 0 Å². The van der Waals surface area contributed by atoms with Gasteiger partial charge in [-0.2, -0.15) is 0 Å². The second-order valence-corrected chi connectivity index (χ2v) is 3.25. The summed E-state index contributed by atoms with van der Waals surface area (Å²) in [4.78, 5) is 13.0. The molecule has 1 aliphatic heterocycles. The van der Waals surface area contributed by atoms with Gasteiger partial charge >= 0.3 is 6.03 Å². The Hall–Kier alpha value is -0.770. The van der Waals surface area contributed by atoms with Gasteiger partial charge in [-0.1, -0.05) is 0 Å². The van der Waals surface area contributed by atoms with Crippen molar-refractivity contribution in [3.05, 3.63) is 0 Å². The summed E-state index contributed by atoms with van der Waals surface area (Å²) in [6, 6.07) is 0.628. The van der Waals surface area contributed by atoms with E-state index in [4.69, 9.17) is 5.73 Å². The molecule has 3 N–H and O–H groups in total. The Bertz CT molecular complexity index is 183. The van der Waals surface area contributed by atoms with Gasteiger partial charge in [0.25, 0.3) is 0 Å². The fourth-order valence-corrected chi connectivity index (χ4v) is 1.52. The number of rotatable bonds is 1. The number of carbonyl (C=O) groups excluding carboxylic acids is 1. The lowest BCUT2D eigenvalue weighted by Crippen LogP contribution is -2.48. The molecule has 0 spiro atoms. The van der Waals surface area contributed by atoms with Crippen LogP contribution < -0.4 is 11.1 Å². The molecule has 2 atom stereocenters. The number of hydrogen-bond donors (Lipinski definition) is 2. The smallest absolute Gasteiger partial charge is 0.317 e. The molecule has 11 heavy (non-hydrogen) atoms. The normalized spacial score (nSPS) is 36.8. The van der Waals surface area contributed by atoms with E-state index in [1.807, 2.05) is 4.90 Å². The quantitative estimate of drug-likeness (QED) is 0.536. The molecule has 0 aromatic heterocycles. The topological polar surface area (TPSA) is 58.4 Å². The van der Waals surface area contributed by atoms with E-state index in [0.29, 0.717) is 6.04 Å². The average Bonchev–Trinajstić information content (AvgIpc) is 2.68. The first-order chi connectivity index (χ1) is 5.29. The number of amides is 2. The predicted molar refractivity (Wildman–Crippen MR) is 41.1 cm³/mol. The van der Waals surface area contributed by atoms with Gasteiger partial charge in [-0.05, 0) is 12.8 Å². The van der Waals surface area contributed by atoms with Crippen LogP contribution in [0.15, 0.2) is 0 Å². The van der Waals surface area contributed by atoms with Crippen LogP contribution in [0.4, 0.5) is 4.79 Å². The second kappa shape index (κ2) is 2.37. The minimum atomic E-state index is 0.0641. The van der Waals surface area contributed by atoms with E-state index in [0.717, 1.165) is 25.9 Å². The Balaban J connectivity index is 1.95. The fraction of sp³-hybridized carbons (Fsp3) is 0.857. The third kappa shape index (κ3) is 1.18. The summed E-state index contributed by atoms with van der Waals surface area (Å²) < 4.78 is 0. The van der Waals surface area contributed by atoms with Gasteiger partial charge < -0.3 is 16.0 Å². The third-order valence-electron chi connectivity index (χ3n) is 2.32. The molecule has 0 bridgehead atoms. The van der Waals surface area contributed by atoms with Gasteiger partial charge in [0.05, 0.1) is 6.04 Å². The van der Waals surface area contributed by atoms with Gasteiger partial charge in [0.1, 0.15) is 0 Å². The zero-order valence-electron chi connectivity index (χ0n) is 6.42. The van der Waals surface area contributed by atoms with Crippen LogP contribution in [-0.2, 0) is 0 Å². The Labute approximate surface area is 65.7 Å². The standard InChI is InChI=1S/C7H13N3O/c8-5-4-6(5)10-3-1-2-9-7(10)11/h5-6H,1-4,8H2,(H,9,11). The van der Waals surface area contributed by atoms with Crippen LogP contribution in [-0.4, -0.2) is 36.1 Å². The highest BCUT2D eigenvalue weighted by atomic mass is 16.2. The minimum absolute atomic E-state index is 0.0641. The van der Waals surface area contributed by atoms with Crippen LogP contribution in [0.3, 0.4) is 0 Å². The van der Waals surface area contributed by atoms with E-state index in [-0.39, 0.29) is 12.1 Å². The molecule has 1 saturated heterocycles. The molecule has 0 radical (unpaired) electrons. The summed E-state index contributed by atoms with van der Waals surface area (Å²) in [5.74, 6) is 0. The highest BCUT2D eigenvalue weighted by Crippen LogP contribution is 2.26. The number of nitrogens with one attached hydrogen (secondary N) is 1. The lowest BCUT2D eigenvalue weighted by Gasteiger charge is -2.27. The van der Waals surface area contributed by atoms with Crippen LogP contribution in [0, 0.1) is 0 Å². The highest BCUT2D eigenvalue weighted by Gasteiger charge is 2.41. The molecular weight excluding hydrogens is 142 g/mol. The molecule has 2 unspecified atom stereocenters. The summed E-state index contributed by atoms with van der Waals surface area (Å²) in [6.07, 6.45) is 2.03. The first-order valence-electron chi connectivity index (χ1n) is 4.09. The van der Waals surface area contributed by atoms with Gasteiger partial charge in [-0.3, -0.25) is 0 Å². The van der Waals surface area contributed by atoms with E-state index in [1.54, 1.807) is 0 Å². The largest absolute Gasteiger partial charge is 0.338 e. The predicted octanol–water partition coefficient (Wildman–Crippen LogP) is -0.499. The van der Waals surface area contributed by atoms with Gasteiger partial charge in [0, 0.05) is 19.1 Å². The average molecular weight is 155 g/mol. The SMILES string of the molecule is NC1CC1N1CCCNC1=O. The Morgan fingerprint density at radius 1 is 1.64 bits per heavy atom. The summed E-state index contributed by atoms with van der Waals surface area (Å²) in [5, 5.41) is 2.81. The zero-order chi connectivity index (χ0) is 7.84. The molecule has 2 aliphatic rings. The van der Waals surface area contributed by atoms with Crippen molar-refractivity contribution in [1.29, 1.82) is 0 Å². The molecule has 0 aromatic carbocycles. The van der Waals surface area contributed by atoms with Crippen molar-refractivity contribution < 1.29 is 4.79 Å². The molecule has 1 aliphatic carbocycles. The lowest BCUT2D eigenvalue weighted by atomic mass is 10.3. The lowest BCUT2D eigenvalue weighted by molar-refractivity contribution is 0.182. The van der Waals surface area contributed by atoms with E-state index in [9.17, 15) is 4.79 Å².